The number of benzene rings is 4. The van der Waals surface area contributed by atoms with E-state index in [2.05, 4.69) is 21.1 Å². The number of fused-ring (bicyclic) bond motifs is 2. The Kier molecular flexibility index (Phi) is 8.90. The Bertz CT molecular complexity index is 2720. The highest BCUT2D eigenvalue weighted by Gasteiger charge is 2.34. The third-order valence-corrected chi connectivity index (χ3v) is 10.3. The number of ketones is 2. The van der Waals surface area contributed by atoms with E-state index in [1.807, 2.05) is 0 Å². The van der Waals surface area contributed by atoms with Gasteiger partial charge < -0.3 is 10.2 Å². The third-order valence-electron chi connectivity index (χ3n) is 7.71. The van der Waals surface area contributed by atoms with E-state index in [9.17, 15) is 58.7 Å². The van der Waals surface area contributed by atoms with Gasteiger partial charge in [0.25, 0.3) is 30.4 Å². The summed E-state index contributed by atoms with van der Waals surface area (Å²) in [7, 11) is -14.3. The predicted octanol–water partition coefficient (Wildman–Crippen LogP) is 3.30. The normalized spacial score (nSPS) is 16.0. The minimum atomic E-state index is -5.10. The topological polar surface area (TPSA) is 286 Å². The quantitative estimate of drug-likeness (QED) is 0.0769. The van der Waals surface area contributed by atoms with Crippen molar-refractivity contribution in [3.63, 3.8) is 0 Å². The van der Waals surface area contributed by atoms with Crippen LogP contribution in [0.5, 0.6) is 11.5 Å². The van der Waals surface area contributed by atoms with Gasteiger partial charge in [0.1, 0.15) is 27.8 Å². The van der Waals surface area contributed by atoms with E-state index in [0.29, 0.717) is 16.7 Å². The van der Waals surface area contributed by atoms with E-state index in [0.717, 1.165) is 30.3 Å². The maximum absolute atomic E-state index is 13.0. The fraction of sp³-hybridized carbons (Fsp3) is 0. The van der Waals surface area contributed by atoms with Gasteiger partial charge in [-0.25, -0.2) is 0 Å². The number of hydrazone groups is 2. The van der Waals surface area contributed by atoms with Gasteiger partial charge in [-0.3, -0.25) is 34.1 Å². The highest BCUT2D eigenvalue weighted by molar-refractivity contribution is 7.91. The lowest BCUT2D eigenvalue weighted by molar-refractivity contribution is -0.109. The van der Waals surface area contributed by atoms with Crippen molar-refractivity contribution >= 4 is 76.9 Å². The number of aromatic hydroxyl groups is 2. The van der Waals surface area contributed by atoms with Crippen LogP contribution in [0.4, 0.5) is 11.4 Å². The molecule has 6 rings (SSSR count). The summed E-state index contributed by atoms with van der Waals surface area (Å²) >= 11 is 0. The lowest BCUT2D eigenvalue weighted by Gasteiger charge is -2.17. The van der Waals surface area contributed by atoms with Crippen LogP contribution in [0.15, 0.2) is 104 Å². The molecule has 7 N–H and O–H groups in total. The Labute approximate surface area is 294 Å². The monoisotopic (exact) mass is 766 g/mol. The summed E-state index contributed by atoms with van der Waals surface area (Å²) in [5, 5.41) is 29.4. The molecule has 0 bridgehead atoms. The Hall–Kier alpha value is -6.03. The van der Waals surface area contributed by atoms with Gasteiger partial charge in [0, 0.05) is 11.1 Å². The van der Waals surface area contributed by atoms with E-state index < -0.39 is 63.2 Å². The first-order valence-electron chi connectivity index (χ1n) is 14.4. The highest BCUT2D eigenvalue weighted by Crippen LogP contribution is 2.35. The van der Waals surface area contributed by atoms with Crippen molar-refractivity contribution in [3.05, 3.63) is 106 Å². The molecule has 0 aliphatic heterocycles. The van der Waals surface area contributed by atoms with Crippen molar-refractivity contribution in [2.45, 2.75) is 9.79 Å². The molecule has 0 fully saturated rings. The summed E-state index contributed by atoms with van der Waals surface area (Å²) in [5.41, 5.74) is 5.52. The SMILES string of the molecule is O=C1C=Cc2cc(S(=O)(=O)O)ccc2C1=NNc1ccc(-c2ccc(NN=C3C(=O)C(S(=O)(=O)O)=Cc4cc(S(=O)(=O)O)ccc43)c(O)c2)cc1O. The van der Waals surface area contributed by atoms with Crippen molar-refractivity contribution in [1.82, 2.24) is 0 Å². The van der Waals surface area contributed by atoms with Crippen LogP contribution in [-0.2, 0) is 39.9 Å². The molecule has 0 radical (unpaired) electrons. The number of hydrogen-bond donors (Lipinski definition) is 7. The first-order valence-corrected chi connectivity index (χ1v) is 18.7. The van der Waals surface area contributed by atoms with Crippen LogP contribution in [0.3, 0.4) is 0 Å². The number of phenolic OH excluding ortho intramolecular Hbond substituents is 2. The molecule has 0 unspecified atom stereocenters. The molecule has 17 nitrogen and oxygen atoms in total. The molecule has 0 saturated heterocycles. The molecule has 2 aliphatic carbocycles. The van der Waals surface area contributed by atoms with Gasteiger partial charge in [0.15, 0.2) is 0 Å². The second-order valence-electron chi connectivity index (χ2n) is 11.1. The standard InChI is InChI=1S/C32H22N4O13S3/c37-26-10-3-18-11-20(50(41,42)43)4-6-22(18)30(26)35-33-24-8-1-16(13-27(24)38)17-2-9-25(28(39)14-17)34-36-31-23-7-5-21(51(44,45)46)12-19(23)15-29(32(31)40)52(47,48)49/h1-15,33-34,38-39H,(H,41,42,43)(H,44,45,46)(H,47,48,49). The number of anilines is 2. The molecule has 2 aliphatic rings. The maximum Gasteiger partial charge on any atom is 0.298 e. The minimum absolute atomic E-state index is 0.0532. The Morgan fingerprint density at radius 3 is 1.50 bits per heavy atom. The van der Waals surface area contributed by atoms with Gasteiger partial charge in [0.2, 0.25) is 11.6 Å². The molecule has 20 heteroatoms. The molecular formula is C32H22N4O13S3. The molecule has 4 aromatic carbocycles. The van der Waals surface area contributed by atoms with Gasteiger partial charge in [-0.15, -0.1) is 0 Å². The van der Waals surface area contributed by atoms with Crippen LogP contribution in [0.25, 0.3) is 23.3 Å². The second-order valence-corrected chi connectivity index (χ2v) is 15.3. The summed E-state index contributed by atoms with van der Waals surface area (Å²) in [6, 6.07) is 14.9. The second kappa shape index (κ2) is 12.9. The van der Waals surface area contributed by atoms with Crippen molar-refractivity contribution in [2.24, 2.45) is 10.2 Å². The maximum atomic E-state index is 13.0. The number of phenols is 2. The third kappa shape index (κ3) is 7.10. The number of nitrogens with one attached hydrogen (secondary N) is 2. The zero-order valence-corrected chi connectivity index (χ0v) is 28.2. The van der Waals surface area contributed by atoms with Gasteiger partial charge in [0.05, 0.1) is 21.2 Å². The number of hydrogen-bond acceptors (Lipinski definition) is 14. The summed E-state index contributed by atoms with van der Waals surface area (Å²) in [6.45, 7) is 0. The average molecular weight is 767 g/mol. The largest absolute Gasteiger partial charge is 0.506 e. The van der Waals surface area contributed by atoms with Gasteiger partial charge in [-0.05, 0) is 82.9 Å². The van der Waals surface area contributed by atoms with Crippen LogP contribution in [0, 0.1) is 0 Å². The fourth-order valence-electron chi connectivity index (χ4n) is 5.18. The van der Waals surface area contributed by atoms with E-state index in [-0.39, 0.29) is 44.4 Å². The van der Waals surface area contributed by atoms with E-state index in [4.69, 9.17) is 0 Å². The molecule has 266 valence electrons. The van der Waals surface area contributed by atoms with Crippen molar-refractivity contribution in [1.29, 1.82) is 0 Å². The first-order chi connectivity index (χ1) is 24.3. The summed E-state index contributed by atoms with van der Waals surface area (Å²) < 4.78 is 98.3. The summed E-state index contributed by atoms with van der Waals surface area (Å²) in [6.07, 6.45) is 3.27. The molecule has 0 atom stereocenters. The number of rotatable bonds is 8. The summed E-state index contributed by atoms with van der Waals surface area (Å²) in [5.74, 6) is -2.48. The smallest absolute Gasteiger partial charge is 0.298 e. The Morgan fingerprint density at radius 2 is 1.02 bits per heavy atom. The van der Waals surface area contributed by atoms with Crippen LogP contribution in [0.2, 0.25) is 0 Å². The molecule has 52 heavy (non-hydrogen) atoms. The number of carbonyl (C=O) groups is 2. The van der Waals surface area contributed by atoms with Gasteiger partial charge in [-0.1, -0.05) is 30.3 Å². The van der Waals surface area contributed by atoms with Crippen LogP contribution in [0.1, 0.15) is 22.3 Å². The molecular weight excluding hydrogens is 745 g/mol. The van der Waals surface area contributed by atoms with Gasteiger partial charge >= 0.3 is 0 Å². The van der Waals surface area contributed by atoms with Crippen molar-refractivity contribution in [2.75, 3.05) is 10.9 Å². The zero-order chi connectivity index (χ0) is 37.7. The van der Waals surface area contributed by atoms with Crippen molar-refractivity contribution in [3.8, 4) is 22.6 Å². The fourth-order valence-corrected chi connectivity index (χ4v) is 6.81. The Balaban J connectivity index is 1.24. The molecule has 0 heterocycles. The zero-order valence-electron chi connectivity index (χ0n) is 25.8. The number of carbonyl (C=O) groups excluding carboxylic acids is 2. The molecule has 0 aromatic heterocycles. The number of Topliss-reactive ketones (excluding diaryl/α,β-unsaturated/α-hetero) is 1. The molecule has 0 spiro atoms. The lowest BCUT2D eigenvalue weighted by atomic mass is 9.94. The van der Waals surface area contributed by atoms with Crippen LogP contribution >= 0.6 is 0 Å². The lowest BCUT2D eigenvalue weighted by Crippen LogP contribution is -2.27. The van der Waals surface area contributed by atoms with Crippen LogP contribution < -0.4 is 10.9 Å². The number of nitrogens with zero attached hydrogens (tertiary/aromatic N) is 2. The summed E-state index contributed by atoms with van der Waals surface area (Å²) in [4.78, 5) is 23.4. The minimum Gasteiger partial charge on any atom is -0.506 e. The number of allylic oxidation sites excluding steroid dienone is 2. The van der Waals surface area contributed by atoms with E-state index in [1.165, 1.54) is 54.6 Å². The Morgan fingerprint density at radius 1 is 0.538 bits per heavy atom. The predicted molar refractivity (Wildman–Crippen MR) is 187 cm³/mol. The molecule has 0 amide bonds. The highest BCUT2D eigenvalue weighted by atomic mass is 32.2. The van der Waals surface area contributed by atoms with Crippen LogP contribution in [-0.4, -0.2) is 72.1 Å². The first kappa shape index (κ1) is 35.8. The van der Waals surface area contributed by atoms with E-state index in [1.54, 1.807) is 6.07 Å². The average Bonchev–Trinajstić information content (AvgIpc) is 3.06. The van der Waals surface area contributed by atoms with Gasteiger partial charge in [-0.2, -0.15) is 35.5 Å². The molecule has 0 saturated carbocycles. The van der Waals surface area contributed by atoms with Crippen molar-refractivity contribution < 1.29 is 58.7 Å². The van der Waals surface area contributed by atoms with E-state index >= 15 is 0 Å². The molecule has 4 aromatic rings.